The zero-order valence-electron chi connectivity index (χ0n) is 11.2. The van der Waals surface area contributed by atoms with Crippen LogP contribution in [0.25, 0.3) is 0 Å². The van der Waals surface area contributed by atoms with Crippen molar-refractivity contribution in [1.29, 1.82) is 0 Å². The molecule has 2 aromatic rings. The average Bonchev–Trinajstić information content (AvgIpc) is 2.31. The molecular formula is C15H15BrClNO2. The number of ether oxygens (including phenoxy) is 2. The summed E-state index contributed by atoms with van der Waals surface area (Å²) in [5, 5.41) is 0.639. The summed E-state index contributed by atoms with van der Waals surface area (Å²) in [6, 6.07) is 10.6. The zero-order chi connectivity index (χ0) is 14.7. The average molecular weight is 357 g/mol. The Labute approximate surface area is 131 Å². The molecule has 0 radical (unpaired) electrons. The third-order valence-corrected chi connectivity index (χ3v) is 3.25. The molecule has 2 N–H and O–H groups in total. The molecule has 0 aromatic heterocycles. The molecule has 5 heteroatoms. The fraction of sp³-hybridized carbons (Fsp3) is 0.200. The summed E-state index contributed by atoms with van der Waals surface area (Å²) in [4.78, 5) is 0. The van der Waals surface area contributed by atoms with Gasteiger partial charge in [-0.15, -0.1) is 0 Å². The Bertz CT molecular complexity index is 617. The van der Waals surface area contributed by atoms with E-state index in [0.717, 1.165) is 4.47 Å². The van der Waals surface area contributed by atoms with Crippen molar-refractivity contribution >= 4 is 33.2 Å². The van der Waals surface area contributed by atoms with Gasteiger partial charge in [0.2, 0.25) is 0 Å². The largest absolute Gasteiger partial charge is 0.491 e. The number of nitrogen functional groups attached to an aromatic ring is 1. The first-order valence-corrected chi connectivity index (χ1v) is 7.31. The fourth-order valence-electron chi connectivity index (χ4n) is 1.68. The van der Waals surface area contributed by atoms with Crippen LogP contribution in [0.5, 0.6) is 17.2 Å². The van der Waals surface area contributed by atoms with Gasteiger partial charge in [0, 0.05) is 28.9 Å². The number of anilines is 1. The van der Waals surface area contributed by atoms with Gasteiger partial charge in [0.05, 0.1) is 10.6 Å². The molecule has 0 saturated heterocycles. The second kappa shape index (κ2) is 6.37. The van der Waals surface area contributed by atoms with Gasteiger partial charge in [0.1, 0.15) is 17.2 Å². The second-order valence-corrected chi connectivity index (χ2v) is 5.87. The van der Waals surface area contributed by atoms with Crippen LogP contribution in [-0.4, -0.2) is 6.10 Å². The lowest BCUT2D eigenvalue weighted by Crippen LogP contribution is -2.05. The smallest absolute Gasteiger partial charge is 0.141 e. The molecule has 3 nitrogen and oxygen atoms in total. The molecule has 0 heterocycles. The van der Waals surface area contributed by atoms with Crippen molar-refractivity contribution in [3.8, 4) is 17.2 Å². The highest BCUT2D eigenvalue weighted by Crippen LogP contribution is 2.34. The van der Waals surface area contributed by atoms with Gasteiger partial charge < -0.3 is 15.2 Å². The first-order chi connectivity index (χ1) is 9.44. The normalized spacial score (nSPS) is 10.7. The van der Waals surface area contributed by atoms with Crippen LogP contribution >= 0.6 is 27.5 Å². The molecule has 0 atom stereocenters. The van der Waals surface area contributed by atoms with Crippen molar-refractivity contribution in [3.05, 3.63) is 45.9 Å². The number of hydrogen-bond acceptors (Lipinski definition) is 3. The Morgan fingerprint density at radius 1 is 1.10 bits per heavy atom. The molecule has 0 unspecified atom stereocenters. The van der Waals surface area contributed by atoms with Crippen molar-refractivity contribution in [2.75, 3.05) is 5.73 Å². The minimum absolute atomic E-state index is 0.0759. The van der Waals surface area contributed by atoms with Crippen LogP contribution in [0.15, 0.2) is 40.9 Å². The molecule has 20 heavy (non-hydrogen) atoms. The van der Waals surface area contributed by atoms with E-state index in [9.17, 15) is 0 Å². The molecule has 0 amide bonds. The van der Waals surface area contributed by atoms with Crippen molar-refractivity contribution in [2.45, 2.75) is 20.0 Å². The number of halogens is 2. The summed E-state index contributed by atoms with van der Waals surface area (Å²) < 4.78 is 12.2. The molecule has 0 saturated carbocycles. The molecule has 0 aliphatic carbocycles. The monoisotopic (exact) mass is 355 g/mol. The highest BCUT2D eigenvalue weighted by atomic mass is 79.9. The Hall–Kier alpha value is -1.39. The lowest BCUT2D eigenvalue weighted by Gasteiger charge is -2.13. The molecule has 0 aliphatic rings. The molecule has 0 fully saturated rings. The third-order valence-electron chi connectivity index (χ3n) is 2.40. The van der Waals surface area contributed by atoms with E-state index in [0.29, 0.717) is 28.0 Å². The molecule has 106 valence electrons. The maximum atomic E-state index is 5.90. The molecular weight excluding hydrogens is 342 g/mol. The summed E-state index contributed by atoms with van der Waals surface area (Å²) >= 11 is 9.31. The predicted molar refractivity (Wildman–Crippen MR) is 85.8 cm³/mol. The van der Waals surface area contributed by atoms with Gasteiger partial charge in [-0.25, -0.2) is 0 Å². The van der Waals surface area contributed by atoms with Gasteiger partial charge in [0.25, 0.3) is 0 Å². The Balaban J connectivity index is 2.26. The summed E-state index contributed by atoms with van der Waals surface area (Å²) in [7, 11) is 0. The first-order valence-electron chi connectivity index (χ1n) is 6.14. The Kier molecular flexibility index (Phi) is 4.78. The number of hydrogen-bond donors (Lipinski definition) is 1. The van der Waals surface area contributed by atoms with Gasteiger partial charge >= 0.3 is 0 Å². The van der Waals surface area contributed by atoms with E-state index in [-0.39, 0.29) is 6.10 Å². The van der Waals surface area contributed by atoms with Crippen LogP contribution in [0.1, 0.15) is 13.8 Å². The van der Waals surface area contributed by atoms with Crippen molar-refractivity contribution in [1.82, 2.24) is 0 Å². The molecule has 2 aromatic carbocycles. The number of nitrogens with two attached hydrogens (primary N) is 1. The summed E-state index contributed by atoms with van der Waals surface area (Å²) in [5.41, 5.74) is 6.44. The van der Waals surface area contributed by atoms with Gasteiger partial charge in [-0.1, -0.05) is 11.6 Å². The number of benzene rings is 2. The minimum Gasteiger partial charge on any atom is -0.491 e. The summed E-state index contributed by atoms with van der Waals surface area (Å²) in [5.74, 6) is 1.96. The third kappa shape index (κ3) is 4.05. The van der Waals surface area contributed by atoms with Crippen molar-refractivity contribution < 1.29 is 9.47 Å². The molecule has 0 spiro atoms. The van der Waals surface area contributed by atoms with Crippen LogP contribution in [0, 0.1) is 0 Å². The van der Waals surface area contributed by atoms with E-state index in [1.54, 1.807) is 36.4 Å². The SMILES string of the molecule is CC(C)Oc1cc(N)cc(Oc2ccc(Cl)cc2Br)c1. The van der Waals surface area contributed by atoms with Crippen LogP contribution in [0.4, 0.5) is 5.69 Å². The van der Waals surface area contributed by atoms with Gasteiger partial charge in [0.15, 0.2) is 0 Å². The van der Waals surface area contributed by atoms with E-state index in [4.69, 9.17) is 26.8 Å². The predicted octanol–water partition coefficient (Wildman–Crippen LogP) is 5.26. The zero-order valence-corrected chi connectivity index (χ0v) is 13.5. The Morgan fingerprint density at radius 3 is 2.45 bits per heavy atom. The lowest BCUT2D eigenvalue weighted by atomic mass is 10.2. The van der Waals surface area contributed by atoms with Gasteiger partial charge in [-0.05, 0) is 48.0 Å². The second-order valence-electron chi connectivity index (χ2n) is 4.58. The van der Waals surface area contributed by atoms with E-state index < -0.39 is 0 Å². The fourth-order valence-corrected chi connectivity index (χ4v) is 2.44. The van der Waals surface area contributed by atoms with E-state index in [2.05, 4.69) is 15.9 Å². The quantitative estimate of drug-likeness (QED) is 0.760. The lowest BCUT2D eigenvalue weighted by molar-refractivity contribution is 0.242. The highest BCUT2D eigenvalue weighted by molar-refractivity contribution is 9.10. The van der Waals surface area contributed by atoms with E-state index in [1.165, 1.54) is 0 Å². The van der Waals surface area contributed by atoms with E-state index >= 15 is 0 Å². The topological polar surface area (TPSA) is 44.5 Å². The standard InChI is InChI=1S/C15H15BrClNO2/c1-9(2)19-12-6-11(18)7-13(8-12)20-15-4-3-10(17)5-14(15)16/h3-9H,18H2,1-2H3. The minimum atomic E-state index is 0.0759. The summed E-state index contributed by atoms with van der Waals surface area (Å²) in [6.45, 7) is 3.92. The van der Waals surface area contributed by atoms with Crippen molar-refractivity contribution in [2.24, 2.45) is 0 Å². The van der Waals surface area contributed by atoms with E-state index in [1.807, 2.05) is 13.8 Å². The molecule has 0 aliphatic heterocycles. The van der Waals surface area contributed by atoms with Gasteiger partial charge in [-0.3, -0.25) is 0 Å². The van der Waals surface area contributed by atoms with Gasteiger partial charge in [-0.2, -0.15) is 0 Å². The van der Waals surface area contributed by atoms with Crippen LogP contribution in [-0.2, 0) is 0 Å². The van der Waals surface area contributed by atoms with Crippen LogP contribution < -0.4 is 15.2 Å². The Morgan fingerprint density at radius 2 is 1.80 bits per heavy atom. The summed E-state index contributed by atoms with van der Waals surface area (Å²) in [6.07, 6.45) is 0.0759. The maximum Gasteiger partial charge on any atom is 0.141 e. The van der Waals surface area contributed by atoms with Crippen LogP contribution in [0.2, 0.25) is 5.02 Å². The molecule has 2 rings (SSSR count). The highest BCUT2D eigenvalue weighted by Gasteiger charge is 2.07. The first kappa shape index (κ1) is 15.0. The number of rotatable bonds is 4. The maximum absolute atomic E-state index is 5.90. The van der Waals surface area contributed by atoms with Crippen molar-refractivity contribution in [3.63, 3.8) is 0 Å². The molecule has 0 bridgehead atoms. The van der Waals surface area contributed by atoms with Crippen LogP contribution in [0.3, 0.4) is 0 Å².